The molecular formula is C19H20N2O2. The van der Waals surface area contributed by atoms with Crippen LogP contribution >= 0.6 is 0 Å². The smallest absolute Gasteiger partial charge is 0.258 e. The van der Waals surface area contributed by atoms with Gasteiger partial charge in [0.25, 0.3) is 5.91 Å². The van der Waals surface area contributed by atoms with E-state index in [0.29, 0.717) is 11.3 Å². The third-order valence-electron chi connectivity index (χ3n) is 3.48. The highest BCUT2D eigenvalue weighted by Gasteiger charge is 2.14. The molecule has 0 heterocycles. The molecule has 0 saturated heterocycles. The van der Waals surface area contributed by atoms with Crippen molar-refractivity contribution in [2.24, 2.45) is 0 Å². The molecule has 4 nitrogen and oxygen atoms in total. The highest BCUT2D eigenvalue weighted by atomic mass is 16.5. The molecule has 0 fully saturated rings. The molecular weight excluding hydrogens is 288 g/mol. The first kappa shape index (κ1) is 16.6. The van der Waals surface area contributed by atoms with Crippen LogP contribution < -0.4 is 10.1 Å². The Morgan fingerprint density at radius 2 is 1.87 bits per heavy atom. The molecule has 118 valence electrons. The highest BCUT2D eigenvalue weighted by Crippen LogP contribution is 2.19. The number of amides is 1. The Kier molecular flexibility index (Phi) is 6.19. The van der Waals surface area contributed by atoms with E-state index in [2.05, 4.69) is 12.2 Å². The van der Waals surface area contributed by atoms with Crippen molar-refractivity contribution in [2.75, 3.05) is 6.61 Å². The summed E-state index contributed by atoms with van der Waals surface area (Å²) in [5.74, 6) is 0.233. The summed E-state index contributed by atoms with van der Waals surface area (Å²) in [7, 11) is 0. The number of hydrogen-bond acceptors (Lipinski definition) is 3. The predicted octanol–water partition coefficient (Wildman–Crippen LogP) is 3.59. The molecule has 2 aromatic rings. The first-order valence-corrected chi connectivity index (χ1v) is 7.70. The summed E-state index contributed by atoms with van der Waals surface area (Å²) in [6.07, 6.45) is 1.84. The number of nitrogens with zero attached hydrogens (tertiary/aromatic N) is 1. The topological polar surface area (TPSA) is 62.1 Å². The van der Waals surface area contributed by atoms with Gasteiger partial charge in [0.1, 0.15) is 11.8 Å². The maximum absolute atomic E-state index is 12.2. The molecule has 0 unspecified atom stereocenters. The van der Waals surface area contributed by atoms with Gasteiger partial charge in [-0.3, -0.25) is 4.79 Å². The van der Waals surface area contributed by atoms with E-state index in [0.717, 1.165) is 18.4 Å². The molecule has 2 rings (SSSR count). The Balaban J connectivity index is 1.96. The van der Waals surface area contributed by atoms with Crippen molar-refractivity contribution in [2.45, 2.75) is 25.8 Å². The number of benzene rings is 2. The van der Waals surface area contributed by atoms with E-state index in [1.54, 1.807) is 24.3 Å². The maximum atomic E-state index is 12.2. The number of carbonyl (C=O) groups is 1. The van der Waals surface area contributed by atoms with E-state index in [4.69, 9.17) is 10.00 Å². The fourth-order valence-electron chi connectivity index (χ4n) is 2.36. The first-order chi connectivity index (χ1) is 11.2. The minimum Gasteiger partial charge on any atom is -0.482 e. The van der Waals surface area contributed by atoms with Gasteiger partial charge in [-0.2, -0.15) is 5.26 Å². The Morgan fingerprint density at radius 1 is 1.17 bits per heavy atom. The summed E-state index contributed by atoms with van der Waals surface area (Å²) in [6, 6.07) is 18.8. The minimum atomic E-state index is -0.194. The van der Waals surface area contributed by atoms with Gasteiger partial charge in [-0.05, 0) is 24.1 Å². The average Bonchev–Trinajstić information content (AvgIpc) is 2.60. The van der Waals surface area contributed by atoms with Crippen molar-refractivity contribution in [3.05, 3.63) is 65.7 Å². The van der Waals surface area contributed by atoms with Gasteiger partial charge >= 0.3 is 0 Å². The maximum Gasteiger partial charge on any atom is 0.258 e. The molecule has 0 aromatic heterocycles. The van der Waals surface area contributed by atoms with Crippen LogP contribution in [-0.2, 0) is 4.79 Å². The van der Waals surface area contributed by atoms with Crippen LogP contribution in [0.5, 0.6) is 5.75 Å². The largest absolute Gasteiger partial charge is 0.482 e. The molecule has 23 heavy (non-hydrogen) atoms. The van der Waals surface area contributed by atoms with Gasteiger partial charge in [-0.25, -0.2) is 0 Å². The standard InChI is InChI=1S/C19H20N2O2/c1-2-8-17(15-9-4-3-5-10-15)21-19(22)14-23-18-12-7-6-11-16(18)13-20/h3-7,9-12,17H,2,8,14H2,1H3,(H,21,22)/t17-/m1/s1. The fraction of sp³-hybridized carbons (Fsp3) is 0.263. The van der Waals surface area contributed by atoms with Crippen LogP contribution in [0, 0.1) is 11.3 Å². The number of rotatable bonds is 7. The molecule has 0 aliphatic rings. The lowest BCUT2D eigenvalue weighted by atomic mass is 10.0. The summed E-state index contributed by atoms with van der Waals surface area (Å²) >= 11 is 0. The van der Waals surface area contributed by atoms with Crippen LogP contribution in [0.4, 0.5) is 0 Å². The fourth-order valence-corrected chi connectivity index (χ4v) is 2.36. The zero-order chi connectivity index (χ0) is 16.5. The summed E-state index contributed by atoms with van der Waals surface area (Å²) in [6.45, 7) is 1.98. The van der Waals surface area contributed by atoms with Crippen LogP contribution in [0.15, 0.2) is 54.6 Å². The Labute approximate surface area is 136 Å². The zero-order valence-electron chi connectivity index (χ0n) is 13.2. The quantitative estimate of drug-likeness (QED) is 0.850. The SMILES string of the molecule is CCC[C@@H](NC(=O)COc1ccccc1C#N)c1ccccc1. The van der Waals surface area contributed by atoms with Crippen molar-refractivity contribution >= 4 is 5.91 Å². The third kappa shape index (κ3) is 4.86. The van der Waals surface area contributed by atoms with Gasteiger partial charge in [0.15, 0.2) is 6.61 Å². The molecule has 0 aliphatic carbocycles. The van der Waals surface area contributed by atoms with Gasteiger partial charge in [-0.1, -0.05) is 55.8 Å². The number of ether oxygens (including phenoxy) is 1. The lowest BCUT2D eigenvalue weighted by Crippen LogP contribution is -2.32. The normalized spacial score (nSPS) is 11.3. The van der Waals surface area contributed by atoms with E-state index in [1.165, 1.54) is 0 Å². The number of nitriles is 1. The van der Waals surface area contributed by atoms with E-state index < -0.39 is 0 Å². The van der Waals surface area contributed by atoms with Gasteiger partial charge in [0.05, 0.1) is 11.6 Å². The van der Waals surface area contributed by atoms with Crippen LogP contribution in [0.25, 0.3) is 0 Å². The Hall–Kier alpha value is -2.80. The van der Waals surface area contributed by atoms with Crippen molar-refractivity contribution in [1.82, 2.24) is 5.32 Å². The lowest BCUT2D eigenvalue weighted by Gasteiger charge is -2.19. The van der Waals surface area contributed by atoms with Gasteiger partial charge in [0, 0.05) is 0 Å². The third-order valence-corrected chi connectivity index (χ3v) is 3.48. The molecule has 0 spiro atoms. The molecule has 0 bridgehead atoms. The van der Waals surface area contributed by atoms with E-state index in [1.807, 2.05) is 36.4 Å². The predicted molar refractivity (Wildman–Crippen MR) is 88.9 cm³/mol. The van der Waals surface area contributed by atoms with Crippen molar-refractivity contribution in [3.63, 3.8) is 0 Å². The lowest BCUT2D eigenvalue weighted by molar-refractivity contribution is -0.123. The number of carbonyl (C=O) groups excluding carboxylic acids is 1. The molecule has 0 saturated carbocycles. The molecule has 2 aromatic carbocycles. The van der Waals surface area contributed by atoms with E-state index in [9.17, 15) is 4.79 Å². The summed E-state index contributed by atoms with van der Waals surface area (Å²) in [4.78, 5) is 12.2. The number of para-hydroxylation sites is 1. The van der Waals surface area contributed by atoms with Gasteiger partial charge in [-0.15, -0.1) is 0 Å². The van der Waals surface area contributed by atoms with Crippen LogP contribution in [-0.4, -0.2) is 12.5 Å². The second-order valence-corrected chi connectivity index (χ2v) is 5.22. The molecule has 1 amide bonds. The van der Waals surface area contributed by atoms with E-state index >= 15 is 0 Å². The highest BCUT2D eigenvalue weighted by molar-refractivity contribution is 5.78. The molecule has 4 heteroatoms. The zero-order valence-corrected chi connectivity index (χ0v) is 13.2. The van der Waals surface area contributed by atoms with Gasteiger partial charge < -0.3 is 10.1 Å². The van der Waals surface area contributed by atoms with Crippen LogP contribution in [0.3, 0.4) is 0 Å². The Bertz CT molecular complexity index is 677. The minimum absolute atomic E-state index is 0.0245. The van der Waals surface area contributed by atoms with Crippen LogP contribution in [0.1, 0.15) is 36.9 Å². The summed E-state index contributed by atoms with van der Waals surface area (Å²) < 4.78 is 5.47. The summed E-state index contributed by atoms with van der Waals surface area (Å²) in [5, 5.41) is 12.0. The number of nitrogens with one attached hydrogen (secondary N) is 1. The van der Waals surface area contributed by atoms with Crippen molar-refractivity contribution in [1.29, 1.82) is 5.26 Å². The Morgan fingerprint density at radius 3 is 2.57 bits per heavy atom. The first-order valence-electron chi connectivity index (χ1n) is 7.70. The van der Waals surface area contributed by atoms with Crippen molar-refractivity contribution in [3.8, 4) is 11.8 Å². The van der Waals surface area contributed by atoms with Gasteiger partial charge in [0.2, 0.25) is 0 Å². The molecule has 1 N–H and O–H groups in total. The van der Waals surface area contributed by atoms with E-state index in [-0.39, 0.29) is 18.6 Å². The molecule has 1 atom stereocenters. The monoisotopic (exact) mass is 308 g/mol. The second kappa shape index (κ2) is 8.60. The number of hydrogen-bond donors (Lipinski definition) is 1. The van der Waals surface area contributed by atoms with Crippen LogP contribution in [0.2, 0.25) is 0 Å². The second-order valence-electron chi connectivity index (χ2n) is 5.22. The summed E-state index contributed by atoms with van der Waals surface area (Å²) in [5.41, 5.74) is 1.51. The molecule has 0 aliphatic heterocycles. The molecule has 0 radical (unpaired) electrons. The average molecular weight is 308 g/mol. The van der Waals surface area contributed by atoms with Crippen molar-refractivity contribution < 1.29 is 9.53 Å².